The zero-order valence-electron chi connectivity index (χ0n) is 23.4. The molecule has 0 spiro atoms. The van der Waals surface area contributed by atoms with Crippen molar-refractivity contribution in [3.8, 4) is 0 Å². The van der Waals surface area contributed by atoms with E-state index in [4.69, 9.17) is 0 Å². The highest BCUT2D eigenvalue weighted by molar-refractivity contribution is 5.99. The third-order valence-electron chi connectivity index (χ3n) is 7.50. The van der Waals surface area contributed by atoms with Crippen molar-refractivity contribution >= 4 is 29.4 Å². The topological polar surface area (TPSA) is 145 Å². The van der Waals surface area contributed by atoms with Crippen LogP contribution in [-0.2, 0) is 30.4 Å². The van der Waals surface area contributed by atoms with Gasteiger partial charge in [0.25, 0.3) is 0 Å². The summed E-state index contributed by atoms with van der Waals surface area (Å²) in [5, 5.41) is 17.8. The van der Waals surface area contributed by atoms with Gasteiger partial charge in [-0.15, -0.1) is 0 Å². The van der Waals surface area contributed by atoms with Gasteiger partial charge in [0.05, 0.1) is 0 Å². The molecule has 214 valence electrons. The highest BCUT2D eigenvalue weighted by Gasteiger charge is 2.43. The molecule has 3 rings (SSSR count). The quantitative estimate of drug-likeness (QED) is 0.346. The Bertz CT molecular complexity index is 1060. The van der Waals surface area contributed by atoms with Crippen LogP contribution in [0.5, 0.6) is 0 Å². The lowest BCUT2D eigenvalue weighted by molar-refractivity contribution is -0.144. The summed E-state index contributed by atoms with van der Waals surface area (Å²) in [5.41, 5.74) is -0.468. The van der Waals surface area contributed by atoms with E-state index in [0.29, 0.717) is 38.6 Å². The first-order valence-corrected chi connectivity index (χ1v) is 13.9. The molecular weight excluding hydrogens is 500 g/mol. The van der Waals surface area contributed by atoms with Gasteiger partial charge in [0, 0.05) is 19.4 Å². The highest BCUT2D eigenvalue weighted by Crippen LogP contribution is 2.25. The Labute approximate surface area is 230 Å². The minimum absolute atomic E-state index is 0.0816. The Morgan fingerprint density at radius 1 is 1.03 bits per heavy atom. The van der Waals surface area contributed by atoms with Crippen LogP contribution in [0.15, 0.2) is 30.3 Å². The number of ketones is 1. The summed E-state index contributed by atoms with van der Waals surface area (Å²) >= 11 is 0. The van der Waals surface area contributed by atoms with Crippen LogP contribution >= 0.6 is 0 Å². The van der Waals surface area contributed by atoms with E-state index in [9.17, 15) is 29.1 Å². The van der Waals surface area contributed by atoms with E-state index in [2.05, 4.69) is 16.0 Å². The van der Waals surface area contributed by atoms with Crippen molar-refractivity contribution in [3.63, 3.8) is 0 Å². The van der Waals surface area contributed by atoms with Gasteiger partial charge in [-0.2, -0.15) is 0 Å². The van der Waals surface area contributed by atoms with Gasteiger partial charge in [0.2, 0.25) is 23.6 Å². The number of fused-ring (bicyclic) bond motifs is 1. The van der Waals surface area contributed by atoms with E-state index in [1.54, 1.807) is 18.7 Å². The number of rotatable bonds is 9. The van der Waals surface area contributed by atoms with Crippen LogP contribution in [0.25, 0.3) is 0 Å². The van der Waals surface area contributed by atoms with Crippen molar-refractivity contribution in [2.24, 2.45) is 5.92 Å². The van der Waals surface area contributed by atoms with E-state index in [1.807, 2.05) is 37.3 Å². The number of hydrogen-bond donors (Lipinski definition) is 4. The molecule has 10 nitrogen and oxygen atoms in total. The number of aliphatic hydroxyl groups is 1. The summed E-state index contributed by atoms with van der Waals surface area (Å²) in [6.07, 6.45) is 2.03. The number of hydrogen-bond acceptors (Lipinski definition) is 6. The van der Waals surface area contributed by atoms with E-state index < -0.39 is 41.6 Å². The van der Waals surface area contributed by atoms with E-state index in [0.717, 1.165) is 5.56 Å². The van der Waals surface area contributed by atoms with Crippen molar-refractivity contribution in [3.05, 3.63) is 35.9 Å². The number of carbonyl (C=O) groups is 5. The van der Waals surface area contributed by atoms with Crippen molar-refractivity contribution in [1.29, 1.82) is 0 Å². The van der Waals surface area contributed by atoms with Crippen LogP contribution in [0.3, 0.4) is 0 Å². The molecule has 2 aliphatic heterocycles. The summed E-state index contributed by atoms with van der Waals surface area (Å²) in [6, 6.07) is 6.82. The molecule has 4 N–H and O–H groups in total. The Morgan fingerprint density at radius 2 is 1.72 bits per heavy atom. The van der Waals surface area contributed by atoms with Crippen molar-refractivity contribution in [1.82, 2.24) is 20.9 Å². The first kappa shape index (κ1) is 30.3. The fourth-order valence-corrected chi connectivity index (χ4v) is 5.15. The third-order valence-corrected chi connectivity index (χ3v) is 7.50. The number of Topliss-reactive ketones (excluding diaryl/α,β-unsaturated/α-hetero) is 1. The summed E-state index contributed by atoms with van der Waals surface area (Å²) < 4.78 is 0. The lowest BCUT2D eigenvalue weighted by atomic mass is 9.98. The summed E-state index contributed by atoms with van der Waals surface area (Å²) in [7, 11) is 0. The van der Waals surface area contributed by atoms with Crippen molar-refractivity contribution in [2.75, 3.05) is 6.54 Å². The van der Waals surface area contributed by atoms with Gasteiger partial charge in [0.15, 0.2) is 5.78 Å². The molecule has 2 heterocycles. The molecule has 0 bridgehead atoms. The molecular formula is C29H42N4O6. The Balaban J connectivity index is 1.81. The molecule has 1 aromatic carbocycles. The number of amides is 4. The average molecular weight is 543 g/mol. The van der Waals surface area contributed by atoms with Crippen LogP contribution in [0, 0.1) is 5.92 Å². The Hall–Kier alpha value is -3.27. The lowest BCUT2D eigenvalue weighted by Crippen LogP contribution is -2.64. The summed E-state index contributed by atoms with van der Waals surface area (Å²) in [5.74, 6) is -1.83. The lowest BCUT2D eigenvalue weighted by Gasteiger charge is -2.34. The van der Waals surface area contributed by atoms with Gasteiger partial charge >= 0.3 is 0 Å². The van der Waals surface area contributed by atoms with Crippen LogP contribution in [0.4, 0.5) is 0 Å². The van der Waals surface area contributed by atoms with Gasteiger partial charge in [0.1, 0.15) is 29.8 Å². The fourth-order valence-electron chi connectivity index (χ4n) is 5.15. The first-order valence-electron chi connectivity index (χ1n) is 13.9. The van der Waals surface area contributed by atoms with Crippen LogP contribution in [0.2, 0.25) is 0 Å². The molecule has 0 aromatic heterocycles. The second kappa shape index (κ2) is 13.2. The zero-order chi connectivity index (χ0) is 28.7. The normalized spacial score (nSPS) is 26.4. The van der Waals surface area contributed by atoms with Gasteiger partial charge in [-0.1, -0.05) is 50.1 Å². The number of nitrogens with zero attached hydrogens (tertiary/aromatic N) is 1. The molecule has 39 heavy (non-hydrogen) atoms. The number of aliphatic hydroxyl groups excluding tert-OH is 1. The molecule has 0 aliphatic carbocycles. The molecule has 5 atom stereocenters. The molecule has 5 unspecified atom stereocenters. The molecule has 2 saturated heterocycles. The monoisotopic (exact) mass is 542 g/mol. The predicted octanol–water partition coefficient (Wildman–Crippen LogP) is 1.24. The van der Waals surface area contributed by atoms with Gasteiger partial charge in [-0.05, 0) is 51.5 Å². The maximum absolute atomic E-state index is 13.8. The average Bonchev–Trinajstić information content (AvgIpc) is 3.28. The van der Waals surface area contributed by atoms with Crippen molar-refractivity contribution < 1.29 is 29.1 Å². The second-order valence-corrected chi connectivity index (χ2v) is 11.5. The number of unbranched alkanes of at least 4 members (excludes halogenated alkanes) is 2. The summed E-state index contributed by atoms with van der Waals surface area (Å²) in [4.78, 5) is 67.1. The molecule has 0 radical (unpaired) electrons. The highest BCUT2D eigenvalue weighted by atomic mass is 16.3. The molecule has 4 amide bonds. The van der Waals surface area contributed by atoms with E-state index >= 15 is 0 Å². The third kappa shape index (κ3) is 8.11. The summed E-state index contributed by atoms with van der Waals surface area (Å²) in [6.45, 7) is 6.93. The maximum Gasteiger partial charge on any atom is 0.246 e. The standard InChI is InChI=1S/C29H42N4O6/c1-18-15-23-26(37)30-21(13-9-6-10-14-24(35)19(2)34)25(36)32-29(3,4)28(39)31-22(27(38)33(23)17-18)16-20-11-7-5-8-12-20/h5,7-8,11-12,18-19,21-23,34H,6,9-10,13-17H2,1-4H3,(H,30,37)(H,31,39)(H,32,36). The zero-order valence-corrected chi connectivity index (χ0v) is 23.4. The van der Waals surface area contributed by atoms with Crippen LogP contribution < -0.4 is 16.0 Å². The predicted molar refractivity (Wildman–Crippen MR) is 145 cm³/mol. The Morgan fingerprint density at radius 3 is 2.38 bits per heavy atom. The maximum atomic E-state index is 13.8. The van der Waals surface area contributed by atoms with E-state index in [1.165, 1.54) is 6.92 Å². The Kier molecular flexibility index (Phi) is 10.2. The minimum atomic E-state index is -1.34. The number of carbonyl (C=O) groups excluding carboxylic acids is 5. The fraction of sp³-hybridized carbons (Fsp3) is 0.621. The molecule has 2 aliphatic rings. The van der Waals surface area contributed by atoms with Crippen LogP contribution in [0.1, 0.15) is 71.8 Å². The number of benzene rings is 1. The molecule has 10 heteroatoms. The molecule has 2 fully saturated rings. The smallest absolute Gasteiger partial charge is 0.246 e. The van der Waals surface area contributed by atoms with Gasteiger partial charge < -0.3 is 26.0 Å². The van der Waals surface area contributed by atoms with Crippen molar-refractivity contribution in [2.45, 2.75) is 102 Å². The molecule has 0 saturated carbocycles. The first-order chi connectivity index (χ1) is 18.4. The van der Waals surface area contributed by atoms with E-state index in [-0.39, 0.29) is 36.4 Å². The van der Waals surface area contributed by atoms with Crippen LogP contribution in [-0.4, -0.2) is 75.7 Å². The van der Waals surface area contributed by atoms with Gasteiger partial charge in [-0.3, -0.25) is 24.0 Å². The molecule has 1 aromatic rings. The van der Waals surface area contributed by atoms with Gasteiger partial charge in [-0.25, -0.2) is 0 Å². The number of nitrogens with one attached hydrogen (secondary N) is 3. The minimum Gasteiger partial charge on any atom is -0.386 e. The second-order valence-electron chi connectivity index (χ2n) is 11.5. The largest absolute Gasteiger partial charge is 0.386 e. The SMILES string of the molecule is CC1CC2C(=O)NC(CCCCCC(=O)C(C)O)C(=O)NC(C)(C)C(=O)NC(Cc3ccccc3)C(=O)N2C1.